The third-order valence-electron chi connectivity index (χ3n) is 8.39. The van der Waals surface area contributed by atoms with Crippen LogP contribution >= 0.6 is 0 Å². The largest absolute Gasteiger partial charge is 0.352 e. The molecule has 3 aliphatic rings. The van der Waals surface area contributed by atoms with Gasteiger partial charge in [-0.05, 0) is 49.8 Å². The Morgan fingerprint density at radius 2 is 1.47 bits per heavy atom. The van der Waals surface area contributed by atoms with Gasteiger partial charge in [0.15, 0.2) is 0 Å². The van der Waals surface area contributed by atoms with E-state index in [-0.39, 0.29) is 5.54 Å². The maximum absolute atomic E-state index is 2.89. The first-order chi connectivity index (χ1) is 15.8. The van der Waals surface area contributed by atoms with Gasteiger partial charge in [-0.2, -0.15) is 0 Å². The fraction of sp³-hybridized carbons (Fsp3) is 0.586. The smallest absolute Gasteiger partial charge is 0.0907 e. The molecule has 0 bridgehead atoms. The standard InChI is InChI=1S/C29H41N3/c1-2-3-21-30-24-32(28-16-10-9-15-27(28)30)26-17-22-31(23-18-26)29(19-11-4-5-12-20-29)25-13-7-6-8-14-25/h6-10,13-16,26H,2-5,11-12,17-24H2,1H3. The maximum atomic E-state index is 2.89. The highest BCUT2D eigenvalue weighted by Crippen LogP contribution is 2.44. The zero-order chi connectivity index (χ0) is 21.8. The van der Waals surface area contributed by atoms with Crippen molar-refractivity contribution in [3.63, 3.8) is 0 Å². The average Bonchev–Trinajstić information content (AvgIpc) is 3.04. The van der Waals surface area contributed by atoms with Gasteiger partial charge in [-0.1, -0.05) is 81.5 Å². The predicted molar refractivity (Wildman–Crippen MR) is 136 cm³/mol. The van der Waals surface area contributed by atoms with Crippen molar-refractivity contribution in [3.05, 3.63) is 60.2 Å². The SMILES string of the molecule is CCCCN1CN(C2CCN(C3(c4ccccc4)CCCCCC3)CC2)c2ccccc21. The monoisotopic (exact) mass is 431 g/mol. The highest BCUT2D eigenvalue weighted by Gasteiger charge is 2.41. The molecule has 32 heavy (non-hydrogen) atoms. The summed E-state index contributed by atoms with van der Waals surface area (Å²) in [6.07, 6.45) is 13.3. The molecule has 0 amide bonds. The number of piperidine rings is 1. The van der Waals surface area contributed by atoms with E-state index < -0.39 is 0 Å². The van der Waals surface area contributed by atoms with Crippen molar-refractivity contribution in [3.8, 4) is 0 Å². The van der Waals surface area contributed by atoms with Gasteiger partial charge in [-0.15, -0.1) is 0 Å². The Morgan fingerprint density at radius 3 is 2.16 bits per heavy atom. The van der Waals surface area contributed by atoms with Gasteiger partial charge in [0.25, 0.3) is 0 Å². The van der Waals surface area contributed by atoms with E-state index in [4.69, 9.17) is 0 Å². The number of nitrogens with zero attached hydrogens (tertiary/aromatic N) is 3. The lowest BCUT2D eigenvalue weighted by Gasteiger charge is -2.49. The molecule has 2 aliphatic heterocycles. The number of hydrogen-bond donors (Lipinski definition) is 0. The summed E-state index contributed by atoms with van der Waals surface area (Å²) in [7, 11) is 0. The Bertz CT molecular complexity index is 848. The molecular formula is C29H41N3. The van der Waals surface area contributed by atoms with E-state index in [9.17, 15) is 0 Å². The highest BCUT2D eigenvalue weighted by molar-refractivity contribution is 5.76. The molecule has 172 valence electrons. The quantitative estimate of drug-likeness (QED) is 0.467. The van der Waals surface area contributed by atoms with Crippen molar-refractivity contribution in [1.29, 1.82) is 0 Å². The lowest BCUT2D eigenvalue weighted by Crippen LogP contribution is -2.53. The molecule has 1 saturated carbocycles. The highest BCUT2D eigenvalue weighted by atomic mass is 15.4. The third-order valence-corrected chi connectivity index (χ3v) is 8.39. The number of para-hydroxylation sites is 2. The summed E-state index contributed by atoms with van der Waals surface area (Å²) >= 11 is 0. The third kappa shape index (κ3) is 4.17. The Morgan fingerprint density at radius 1 is 0.812 bits per heavy atom. The molecule has 0 unspecified atom stereocenters. The van der Waals surface area contributed by atoms with Crippen LogP contribution in [0.2, 0.25) is 0 Å². The van der Waals surface area contributed by atoms with Crippen LogP contribution in [0, 0.1) is 0 Å². The summed E-state index contributed by atoms with van der Waals surface area (Å²) in [5, 5.41) is 0. The molecule has 0 N–H and O–H groups in total. The summed E-state index contributed by atoms with van der Waals surface area (Å²) in [6.45, 7) is 7.01. The lowest BCUT2D eigenvalue weighted by molar-refractivity contribution is 0.0433. The summed E-state index contributed by atoms with van der Waals surface area (Å²) in [4.78, 5) is 8.23. The van der Waals surface area contributed by atoms with Crippen LogP contribution in [0.1, 0.15) is 76.7 Å². The summed E-state index contributed by atoms with van der Waals surface area (Å²) in [5.74, 6) is 0. The second-order valence-electron chi connectivity index (χ2n) is 10.2. The fourth-order valence-electron chi connectivity index (χ4n) is 6.62. The minimum atomic E-state index is 0.263. The van der Waals surface area contributed by atoms with E-state index >= 15 is 0 Å². The fourth-order valence-corrected chi connectivity index (χ4v) is 6.62. The van der Waals surface area contributed by atoms with Gasteiger partial charge in [0.2, 0.25) is 0 Å². The number of likely N-dealkylation sites (tertiary alicyclic amines) is 1. The van der Waals surface area contributed by atoms with Crippen molar-refractivity contribution >= 4 is 11.4 Å². The van der Waals surface area contributed by atoms with E-state index in [0.717, 1.165) is 6.67 Å². The van der Waals surface area contributed by atoms with Gasteiger partial charge in [0, 0.05) is 31.2 Å². The second kappa shape index (κ2) is 9.87. The van der Waals surface area contributed by atoms with Crippen LogP contribution < -0.4 is 9.80 Å². The molecule has 2 aromatic carbocycles. The van der Waals surface area contributed by atoms with Gasteiger partial charge in [-0.3, -0.25) is 4.90 Å². The molecule has 0 radical (unpaired) electrons. The number of unbranched alkanes of at least 4 members (excludes halogenated alkanes) is 1. The van der Waals surface area contributed by atoms with Gasteiger partial charge in [0.05, 0.1) is 18.0 Å². The molecule has 1 aliphatic carbocycles. The Balaban J connectivity index is 1.32. The first-order valence-electron chi connectivity index (χ1n) is 13.2. The first-order valence-corrected chi connectivity index (χ1v) is 13.2. The first kappa shape index (κ1) is 21.8. The van der Waals surface area contributed by atoms with Gasteiger partial charge < -0.3 is 9.80 Å². The molecule has 1 saturated heterocycles. The molecule has 5 rings (SSSR count). The van der Waals surface area contributed by atoms with Crippen molar-refractivity contribution in [1.82, 2.24) is 4.90 Å². The summed E-state index contributed by atoms with van der Waals surface area (Å²) in [6, 6.07) is 21.3. The molecule has 2 heterocycles. The van der Waals surface area contributed by atoms with E-state index in [0.29, 0.717) is 6.04 Å². The normalized spacial score (nSPS) is 22.0. The van der Waals surface area contributed by atoms with Gasteiger partial charge >= 0.3 is 0 Å². The number of rotatable bonds is 6. The molecule has 0 aromatic heterocycles. The van der Waals surface area contributed by atoms with Crippen molar-refractivity contribution < 1.29 is 0 Å². The van der Waals surface area contributed by atoms with Crippen LogP contribution in [0.25, 0.3) is 0 Å². The summed E-state index contributed by atoms with van der Waals surface area (Å²) < 4.78 is 0. The zero-order valence-corrected chi connectivity index (χ0v) is 20.0. The Kier molecular flexibility index (Phi) is 6.73. The molecule has 0 atom stereocenters. The van der Waals surface area contributed by atoms with E-state index in [1.54, 1.807) is 5.56 Å². The maximum Gasteiger partial charge on any atom is 0.0907 e. The molecule has 0 spiro atoms. The number of fused-ring (bicyclic) bond motifs is 1. The van der Waals surface area contributed by atoms with Crippen LogP contribution in [-0.2, 0) is 5.54 Å². The second-order valence-corrected chi connectivity index (χ2v) is 10.2. The molecule has 3 heteroatoms. The molecular weight excluding hydrogens is 390 g/mol. The van der Waals surface area contributed by atoms with Gasteiger partial charge in [0.1, 0.15) is 0 Å². The van der Waals surface area contributed by atoms with Crippen LogP contribution in [-0.4, -0.2) is 37.2 Å². The van der Waals surface area contributed by atoms with Crippen LogP contribution in [0.15, 0.2) is 54.6 Å². The van der Waals surface area contributed by atoms with Crippen LogP contribution in [0.3, 0.4) is 0 Å². The lowest BCUT2D eigenvalue weighted by atomic mass is 9.79. The number of anilines is 2. The predicted octanol–water partition coefficient (Wildman–Crippen LogP) is 6.78. The van der Waals surface area contributed by atoms with Crippen molar-refractivity contribution in [2.75, 3.05) is 36.1 Å². The van der Waals surface area contributed by atoms with E-state index in [2.05, 4.69) is 76.2 Å². The molecule has 2 aromatic rings. The number of hydrogen-bond acceptors (Lipinski definition) is 3. The molecule has 3 nitrogen and oxygen atoms in total. The number of benzene rings is 2. The van der Waals surface area contributed by atoms with Gasteiger partial charge in [-0.25, -0.2) is 0 Å². The zero-order valence-electron chi connectivity index (χ0n) is 20.0. The minimum absolute atomic E-state index is 0.263. The van der Waals surface area contributed by atoms with Crippen molar-refractivity contribution in [2.24, 2.45) is 0 Å². The average molecular weight is 432 g/mol. The topological polar surface area (TPSA) is 9.72 Å². The Labute approximate surface area is 195 Å². The van der Waals surface area contributed by atoms with Crippen LogP contribution in [0.5, 0.6) is 0 Å². The van der Waals surface area contributed by atoms with Crippen LogP contribution in [0.4, 0.5) is 11.4 Å². The van der Waals surface area contributed by atoms with Crippen molar-refractivity contribution in [2.45, 2.75) is 82.7 Å². The summed E-state index contributed by atoms with van der Waals surface area (Å²) in [5.41, 5.74) is 4.75. The van der Waals surface area contributed by atoms with E-state index in [1.807, 2.05) is 0 Å². The minimum Gasteiger partial charge on any atom is -0.352 e. The van der Waals surface area contributed by atoms with E-state index in [1.165, 1.54) is 95.2 Å². The Hall–Kier alpha value is -2.00. The molecule has 2 fully saturated rings.